The van der Waals surface area contributed by atoms with Crippen LogP contribution in [0.5, 0.6) is 0 Å². The lowest BCUT2D eigenvalue weighted by Gasteiger charge is -2.06. The molecule has 0 saturated heterocycles. The van der Waals surface area contributed by atoms with Gasteiger partial charge in [0.15, 0.2) is 0 Å². The number of aliphatic carboxylic acids is 1. The Hall–Kier alpha value is -0.750. The molecule has 0 spiro atoms. The van der Waals surface area contributed by atoms with Gasteiger partial charge < -0.3 is 16.2 Å². The molecule has 0 radical (unpaired) electrons. The molecule has 0 heterocycles. The average molecular weight is 232 g/mol. The minimum Gasteiger partial charge on any atom is -0.480 e. The van der Waals surface area contributed by atoms with E-state index in [2.05, 4.69) is 5.32 Å². The zero-order valence-corrected chi connectivity index (χ0v) is 9.26. The number of nitrogens with two attached hydrogens (primary N) is 1. The first kappa shape index (κ1) is 12.3. The molecule has 1 aliphatic rings. The number of thioether (sulfide) groups is 1. The third-order valence-corrected chi connectivity index (χ3v) is 3.12. The molecule has 15 heavy (non-hydrogen) atoms. The first-order valence-corrected chi connectivity index (χ1v) is 6.10. The zero-order chi connectivity index (χ0) is 11.3. The number of hydrogen-bond donors (Lipinski definition) is 3. The molecule has 6 heteroatoms. The van der Waals surface area contributed by atoms with Gasteiger partial charge in [0, 0.05) is 24.0 Å². The van der Waals surface area contributed by atoms with Crippen molar-refractivity contribution in [3.05, 3.63) is 0 Å². The van der Waals surface area contributed by atoms with Crippen LogP contribution in [0.1, 0.15) is 19.3 Å². The Bertz CT molecular complexity index is 244. The van der Waals surface area contributed by atoms with E-state index < -0.39 is 12.0 Å². The van der Waals surface area contributed by atoms with Gasteiger partial charge in [0.2, 0.25) is 5.91 Å². The van der Waals surface area contributed by atoms with Crippen LogP contribution >= 0.6 is 11.8 Å². The van der Waals surface area contributed by atoms with Crippen LogP contribution in [0, 0.1) is 0 Å². The molecule has 0 bridgehead atoms. The molecule has 0 unspecified atom stereocenters. The topological polar surface area (TPSA) is 92.4 Å². The van der Waals surface area contributed by atoms with Crippen LogP contribution in [-0.2, 0) is 9.59 Å². The lowest BCUT2D eigenvalue weighted by molar-refractivity contribution is -0.137. The van der Waals surface area contributed by atoms with Crippen LogP contribution in [0.3, 0.4) is 0 Å². The normalized spacial score (nSPS) is 17.1. The molecule has 86 valence electrons. The second-order valence-corrected chi connectivity index (χ2v) is 4.76. The molecule has 0 aliphatic heterocycles. The van der Waals surface area contributed by atoms with E-state index in [1.807, 2.05) is 0 Å². The van der Waals surface area contributed by atoms with Crippen LogP contribution in [0.25, 0.3) is 0 Å². The summed E-state index contributed by atoms with van der Waals surface area (Å²) in [6, 6.07) is -0.440. The number of carboxylic acids is 1. The van der Waals surface area contributed by atoms with Crippen LogP contribution in [0.2, 0.25) is 0 Å². The first-order chi connectivity index (χ1) is 7.09. The fourth-order valence-corrected chi connectivity index (χ4v) is 1.87. The monoisotopic (exact) mass is 232 g/mol. The van der Waals surface area contributed by atoms with Crippen molar-refractivity contribution in [2.45, 2.75) is 31.3 Å². The van der Waals surface area contributed by atoms with Crippen LogP contribution < -0.4 is 11.1 Å². The van der Waals surface area contributed by atoms with Gasteiger partial charge in [0.25, 0.3) is 0 Å². The van der Waals surface area contributed by atoms with E-state index in [0.29, 0.717) is 24.0 Å². The Morgan fingerprint density at radius 1 is 1.53 bits per heavy atom. The molecule has 0 aromatic rings. The fourth-order valence-electron chi connectivity index (χ4n) is 0.974. The Balaban J connectivity index is 1.95. The minimum atomic E-state index is -0.995. The maximum Gasteiger partial charge on any atom is 0.321 e. The lowest BCUT2D eigenvalue weighted by Crippen LogP contribution is -2.32. The number of hydrogen-bond acceptors (Lipinski definition) is 4. The second kappa shape index (κ2) is 5.97. The molecule has 0 aromatic carbocycles. The van der Waals surface area contributed by atoms with Gasteiger partial charge in [-0.1, -0.05) is 0 Å². The second-order valence-electron chi connectivity index (χ2n) is 3.61. The van der Waals surface area contributed by atoms with Gasteiger partial charge in [-0.3, -0.25) is 9.59 Å². The molecular formula is C9H16N2O3S. The van der Waals surface area contributed by atoms with E-state index in [1.165, 1.54) is 11.8 Å². The van der Waals surface area contributed by atoms with Gasteiger partial charge in [-0.2, -0.15) is 11.8 Å². The molecule has 1 saturated carbocycles. The van der Waals surface area contributed by atoms with Gasteiger partial charge >= 0.3 is 5.97 Å². The molecule has 5 nitrogen and oxygen atoms in total. The summed E-state index contributed by atoms with van der Waals surface area (Å²) < 4.78 is 0. The zero-order valence-electron chi connectivity index (χ0n) is 8.44. The van der Waals surface area contributed by atoms with Crippen molar-refractivity contribution in [2.24, 2.45) is 5.73 Å². The molecule has 1 aliphatic carbocycles. The molecule has 0 aromatic heterocycles. The van der Waals surface area contributed by atoms with E-state index in [9.17, 15) is 9.59 Å². The van der Waals surface area contributed by atoms with Crippen molar-refractivity contribution in [1.82, 2.24) is 5.32 Å². The molecule has 1 rings (SSSR count). The third-order valence-electron chi connectivity index (χ3n) is 2.03. The highest BCUT2D eigenvalue weighted by molar-refractivity contribution is 7.99. The van der Waals surface area contributed by atoms with Crippen LogP contribution in [0.15, 0.2) is 0 Å². The van der Waals surface area contributed by atoms with Crippen LogP contribution in [-0.4, -0.2) is 40.6 Å². The van der Waals surface area contributed by atoms with Crippen molar-refractivity contribution < 1.29 is 14.7 Å². The highest BCUT2D eigenvalue weighted by Crippen LogP contribution is 2.18. The lowest BCUT2D eigenvalue weighted by atomic mass is 10.4. The maximum absolute atomic E-state index is 11.2. The molecule has 1 amide bonds. The SMILES string of the molecule is N[C@@H](CSCCC(=O)NC1CC1)C(=O)O. The number of nitrogens with one attached hydrogen (secondary N) is 1. The summed E-state index contributed by atoms with van der Waals surface area (Å²) in [4.78, 5) is 21.6. The summed E-state index contributed by atoms with van der Waals surface area (Å²) in [6.45, 7) is 0. The van der Waals surface area contributed by atoms with Crippen molar-refractivity contribution in [1.29, 1.82) is 0 Å². The molecular weight excluding hydrogens is 216 g/mol. The number of rotatable bonds is 7. The standard InChI is InChI=1S/C9H16N2O3S/c10-7(9(13)14)5-15-4-3-8(12)11-6-1-2-6/h6-7H,1-5,10H2,(H,11,12)(H,13,14)/t7-/m0/s1. The number of carboxylic acid groups (broad SMARTS) is 1. The maximum atomic E-state index is 11.2. The summed E-state index contributed by atoms with van der Waals surface area (Å²) in [5.41, 5.74) is 5.30. The number of amides is 1. The van der Waals surface area contributed by atoms with E-state index in [0.717, 1.165) is 12.8 Å². The predicted octanol–water partition coefficient (Wildman–Crippen LogP) is -0.200. The Morgan fingerprint density at radius 3 is 2.73 bits per heavy atom. The summed E-state index contributed by atoms with van der Waals surface area (Å²) in [5.74, 6) is 0.0322. The number of carbonyl (C=O) groups excluding carboxylic acids is 1. The summed E-state index contributed by atoms with van der Waals surface area (Å²) in [6.07, 6.45) is 2.61. The summed E-state index contributed by atoms with van der Waals surface area (Å²) >= 11 is 1.40. The van der Waals surface area contributed by atoms with Crippen molar-refractivity contribution in [2.75, 3.05) is 11.5 Å². The highest BCUT2D eigenvalue weighted by Gasteiger charge is 2.22. The van der Waals surface area contributed by atoms with Gasteiger partial charge in [-0.05, 0) is 12.8 Å². The minimum absolute atomic E-state index is 0.0499. The van der Waals surface area contributed by atoms with Gasteiger partial charge in [0.05, 0.1) is 0 Å². The molecule has 4 N–H and O–H groups in total. The summed E-state index contributed by atoms with van der Waals surface area (Å²) in [5, 5.41) is 11.4. The molecule has 1 atom stereocenters. The summed E-state index contributed by atoms with van der Waals surface area (Å²) in [7, 11) is 0. The highest BCUT2D eigenvalue weighted by atomic mass is 32.2. The largest absolute Gasteiger partial charge is 0.480 e. The predicted molar refractivity (Wildman–Crippen MR) is 58.7 cm³/mol. The van der Waals surface area contributed by atoms with E-state index in [4.69, 9.17) is 10.8 Å². The number of carbonyl (C=O) groups is 2. The van der Waals surface area contributed by atoms with Crippen molar-refractivity contribution in [3.63, 3.8) is 0 Å². The quantitative estimate of drug-likeness (QED) is 0.529. The Kier molecular flexibility index (Phi) is 4.90. The van der Waals surface area contributed by atoms with E-state index in [1.54, 1.807) is 0 Å². The van der Waals surface area contributed by atoms with Crippen molar-refractivity contribution >= 4 is 23.6 Å². The van der Waals surface area contributed by atoms with Crippen molar-refractivity contribution in [3.8, 4) is 0 Å². The average Bonchev–Trinajstić information content (AvgIpc) is 2.95. The molecule has 1 fully saturated rings. The smallest absolute Gasteiger partial charge is 0.321 e. The van der Waals surface area contributed by atoms with Gasteiger partial charge in [0.1, 0.15) is 6.04 Å². The van der Waals surface area contributed by atoms with Gasteiger partial charge in [-0.15, -0.1) is 0 Å². The Labute approximate surface area is 92.8 Å². The first-order valence-electron chi connectivity index (χ1n) is 4.95. The van der Waals surface area contributed by atoms with E-state index in [-0.39, 0.29) is 5.91 Å². The Morgan fingerprint density at radius 2 is 2.20 bits per heavy atom. The van der Waals surface area contributed by atoms with E-state index >= 15 is 0 Å². The third kappa shape index (κ3) is 5.64. The van der Waals surface area contributed by atoms with Crippen LogP contribution in [0.4, 0.5) is 0 Å². The fraction of sp³-hybridized carbons (Fsp3) is 0.778. The van der Waals surface area contributed by atoms with Gasteiger partial charge in [-0.25, -0.2) is 0 Å².